The average Bonchev–Trinajstić information content (AvgIpc) is 3.37. The number of benzene rings is 4. The zero-order valence-electron chi connectivity index (χ0n) is 21.7. The first-order chi connectivity index (χ1) is 18.3. The van der Waals surface area contributed by atoms with Crippen molar-refractivity contribution >= 4 is 5.69 Å². The predicted octanol–water partition coefficient (Wildman–Crippen LogP) is 8.18. The van der Waals surface area contributed by atoms with Crippen LogP contribution in [0.25, 0.3) is 22.3 Å². The first-order valence-electron chi connectivity index (χ1n) is 13.6. The molecule has 0 fully saturated rings. The van der Waals surface area contributed by atoms with Gasteiger partial charge in [0.25, 0.3) is 0 Å². The van der Waals surface area contributed by atoms with E-state index in [4.69, 9.17) is 9.47 Å². The standard InChI is InChI=1S/C34H35NO2/c1-36-24-30-27-18-10-2-3-13-21-37-32-20-12-11-19-31(32)35-22-28(33(27)25-14-6-4-7-15-25)29(23-35)34(30)26-16-8-5-9-17-26/h4-9,11-12,14-17,19-20H,2-3,10,13,18,21-24H2,1H3. The molecule has 2 aliphatic rings. The molecule has 2 aliphatic heterocycles. The van der Waals surface area contributed by atoms with Gasteiger partial charge in [0.05, 0.1) is 18.9 Å². The van der Waals surface area contributed by atoms with Crippen LogP contribution >= 0.6 is 0 Å². The fourth-order valence-corrected chi connectivity index (χ4v) is 6.19. The average molecular weight is 490 g/mol. The summed E-state index contributed by atoms with van der Waals surface area (Å²) in [4.78, 5) is 2.50. The van der Waals surface area contributed by atoms with E-state index in [1.54, 1.807) is 0 Å². The van der Waals surface area contributed by atoms with Gasteiger partial charge in [0.2, 0.25) is 0 Å². The van der Waals surface area contributed by atoms with E-state index < -0.39 is 0 Å². The Balaban J connectivity index is 1.64. The zero-order chi connectivity index (χ0) is 25.0. The number of ether oxygens (including phenoxy) is 2. The second-order valence-corrected chi connectivity index (χ2v) is 10.2. The molecule has 188 valence electrons. The summed E-state index contributed by atoms with van der Waals surface area (Å²) in [6, 6.07) is 30.5. The number of methoxy groups -OCH3 is 1. The van der Waals surface area contributed by atoms with E-state index in [-0.39, 0.29) is 0 Å². The molecule has 3 nitrogen and oxygen atoms in total. The second-order valence-electron chi connectivity index (χ2n) is 10.2. The molecule has 0 aromatic heterocycles. The van der Waals surface area contributed by atoms with Crippen molar-refractivity contribution in [2.75, 3.05) is 18.6 Å². The van der Waals surface area contributed by atoms with Gasteiger partial charge in [0.15, 0.2) is 0 Å². The van der Waals surface area contributed by atoms with Gasteiger partial charge in [-0.15, -0.1) is 0 Å². The Kier molecular flexibility index (Phi) is 6.96. The number of hydrogen-bond acceptors (Lipinski definition) is 3. The van der Waals surface area contributed by atoms with Crippen LogP contribution in [0.1, 0.15) is 47.9 Å². The maximum absolute atomic E-state index is 6.34. The molecule has 0 unspecified atom stereocenters. The molecular formula is C34H35NO2. The van der Waals surface area contributed by atoms with Crippen molar-refractivity contribution in [2.45, 2.75) is 51.8 Å². The molecule has 3 heteroatoms. The lowest BCUT2D eigenvalue weighted by Gasteiger charge is -2.24. The van der Waals surface area contributed by atoms with Gasteiger partial charge >= 0.3 is 0 Å². The quantitative estimate of drug-likeness (QED) is 0.288. The van der Waals surface area contributed by atoms with Crippen molar-refractivity contribution in [3.63, 3.8) is 0 Å². The van der Waals surface area contributed by atoms with Gasteiger partial charge in [0, 0.05) is 20.2 Å². The number of para-hydroxylation sites is 2. The van der Waals surface area contributed by atoms with Crippen LogP contribution in [0, 0.1) is 0 Å². The van der Waals surface area contributed by atoms with Crippen LogP contribution in [-0.4, -0.2) is 13.7 Å². The summed E-state index contributed by atoms with van der Waals surface area (Å²) in [6.45, 7) is 3.13. The van der Waals surface area contributed by atoms with E-state index in [1.165, 1.54) is 69.5 Å². The molecule has 0 radical (unpaired) electrons. The fourth-order valence-electron chi connectivity index (χ4n) is 6.19. The van der Waals surface area contributed by atoms with E-state index in [1.807, 2.05) is 7.11 Å². The Hall–Kier alpha value is -3.56. The van der Waals surface area contributed by atoms with E-state index in [2.05, 4.69) is 89.8 Å². The van der Waals surface area contributed by atoms with Crippen molar-refractivity contribution in [3.8, 4) is 28.0 Å². The van der Waals surface area contributed by atoms with Crippen LogP contribution in [0.5, 0.6) is 5.75 Å². The first-order valence-corrected chi connectivity index (χ1v) is 13.6. The number of hydrogen-bond donors (Lipinski definition) is 0. The molecule has 0 spiro atoms. The molecule has 6 rings (SSSR count). The summed E-state index contributed by atoms with van der Waals surface area (Å²) < 4.78 is 12.3. The number of fused-ring (bicyclic) bond motifs is 4. The third-order valence-corrected chi connectivity index (χ3v) is 7.83. The van der Waals surface area contributed by atoms with E-state index in [9.17, 15) is 0 Å². The third kappa shape index (κ3) is 4.65. The molecule has 2 heterocycles. The van der Waals surface area contributed by atoms with Gasteiger partial charge in [0.1, 0.15) is 5.75 Å². The van der Waals surface area contributed by atoms with Crippen molar-refractivity contribution < 1.29 is 9.47 Å². The van der Waals surface area contributed by atoms with Gasteiger partial charge < -0.3 is 14.4 Å². The molecule has 4 aromatic carbocycles. The number of nitrogens with zero attached hydrogens (tertiary/aromatic N) is 1. The minimum Gasteiger partial charge on any atom is -0.491 e. The minimum absolute atomic E-state index is 0.617. The monoisotopic (exact) mass is 489 g/mol. The SMILES string of the molecule is COCc1c2c(-c3ccccc3)c3c(c1-c1ccccc1)CN(C3)c1ccccc1OCCCCCC2. The lowest BCUT2D eigenvalue weighted by molar-refractivity contribution is 0.184. The van der Waals surface area contributed by atoms with Crippen molar-refractivity contribution in [3.05, 3.63) is 107 Å². The number of rotatable bonds is 4. The van der Waals surface area contributed by atoms with Gasteiger partial charge in [-0.1, -0.05) is 85.6 Å². The zero-order valence-corrected chi connectivity index (χ0v) is 21.7. The van der Waals surface area contributed by atoms with Crippen LogP contribution < -0.4 is 9.64 Å². The Bertz CT molecular complexity index is 1360. The molecule has 0 saturated heterocycles. The van der Waals surface area contributed by atoms with Gasteiger partial charge in [-0.3, -0.25) is 0 Å². The smallest absolute Gasteiger partial charge is 0.142 e. The molecular weight excluding hydrogens is 454 g/mol. The maximum atomic E-state index is 6.34. The van der Waals surface area contributed by atoms with Crippen molar-refractivity contribution in [1.29, 1.82) is 0 Å². The second kappa shape index (κ2) is 10.8. The Labute approximate surface area is 220 Å². The first kappa shape index (κ1) is 23.8. The summed E-state index contributed by atoms with van der Waals surface area (Å²) in [5.74, 6) is 0.993. The highest BCUT2D eigenvalue weighted by atomic mass is 16.5. The molecule has 0 amide bonds. The van der Waals surface area contributed by atoms with Gasteiger partial charge in [-0.2, -0.15) is 0 Å². The highest BCUT2D eigenvalue weighted by molar-refractivity contribution is 5.85. The van der Waals surface area contributed by atoms with E-state index in [0.29, 0.717) is 6.61 Å². The van der Waals surface area contributed by atoms with Crippen LogP contribution in [0.15, 0.2) is 84.9 Å². The summed E-state index contributed by atoms with van der Waals surface area (Å²) in [5, 5.41) is 0. The molecule has 0 saturated carbocycles. The Morgan fingerprint density at radius 2 is 1.30 bits per heavy atom. The lowest BCUT2D eigenvalue weighted by atomic mass is 9.81. The van der Waals surface area contributed by atoms with Crippen LogP contribution in [-0.2, 0) is 30.9 Å². The van der Waals surface area contributed by atoms with Crippen molar-refractivity contribution in [2.24, 2.45) is 0 Å². The van der Waals surface area contributed by atoms with Crippen LogP contribution in [0.3, 0.4) is 0 Å². The van der Waals surface area contributed by atoms with E-state index >= 15 is 0 Å². The molecule has 0 aliphatic carbocycles. The van der Waals surface area contributed by atoms with Gasteiger partial charge in [-0.05, 0) is 75.9 Å². The summed E-state index contributed by atoms with van der Waals surface area (Å²) in [6.07, 6.45) is 5.71. The highest BCUT2D eigenvalue weighted by Gasteiger charge is 2.32. The molecule has 0 N–H and O–H groups in total. The molecule has 3 bridgehead atoms. The van der Waals surface area contributed by atoms with Gasteiger partial charge in [-0.25, -0.2) is 0 Å². The summed E-state index contributed by atoms with van der Waals surface area (Å²) in [7, 11) is 1.83. The lowest BCUT2D eigenvalue weighted by Crippen LogP contribution is -2.16. The Morgan fingerprint density at radius 1 is 0.676 bits per heavy atom. The summed E-state index contributed by atoms with van der Waals surface area (Å²) in [5.41, 5.74) is 12.2. The number of anilines is 1. The normalized spacial score (nSPS) is 15.2. The van der Waals surface area contributed by atoms with Crippen molar-refractivity contribution in [1.82, 2.24) is 0 Å². The molecule has 0 atom stereocenters. The Morgan fingerprint density at radius 3 is 2.03 bits per heavy atom. The van der Waals surface area contributed by atoms with Crippen LogP contribution in [0.2, 0.25) is 0 Å². The largest absolute Gasteiger partial charge is 0.491 e. The summed E-state index contributed by atoms with van der Waals surface area (Å²) >= 11 is 0. The van der Waals surface area contributed by atoms with Crippen LogP contribution in [0.4, 0.5) is 5.69 Å². The predicted molar refractivity (Wildman–Crippen MR) is 152 cm³/mol. The van der Waals surface area contributed by atoms with E-state index in [0.717, 1.165) is 38.3 Å². The minimum atomic E-state index is 0.617. The molecule has 37 heavy (non-hydrogen) atoms. The fraction of sp³-hybridized carbons (Fsp3) is 0.294. The third-order valence-electron chi connectivity index (χ3n) is 7.83. The molecule has 4 aromatic rings. The maximum Gasteiger partial charge on any atom is 0.142 e. The topological polar surface area (TPSA) is 21.7 Å². The highest BCUT2D eigenvalue weighted by Crippen LogP contribution is 2.47.